The van der Waals surface area contributed by atoms with Crippen LogP contribution in [0, 0.1) is 5.92 Å². The van der Waals surface area contributed by atoms with Gasteiger partial charge in [-0.2, -0.15) is 0 Å². The van der Waals surface area contributed by atoms with Crippen molar-refractivity contribution in [3.8, 4) is 5.75 Å². The Morgan fingerprint density at radius 3 is 2.83 bits per heavy atom. The number of ether oxygens (including phenoxy) is 1. The highest BCUT2D eigenvalue weighted by Crippen LogP contribution is 2.50. The zero-order valence-electron chi connectivity index (χ0n) is 12.5. The third-order valence-electron chi connectivity index (χ3n) is 5.06. The lowest BCUT2D eigenvalue weighted by Crippen LogP contribution is -2.59. The van der Waals surface area contributed by atoms with E-state index in [0.717, 1.165) is 9.37 Å². The van der Waals surface area contributed by atoms with Gasteiger partial charge in [0.1, 0.15) is 17.6 Å². The number of benzene rings is 1. The molecule has 3 amide bonds. The lowest BCUT2D eigenvalue weighted by molar-refractivity contribution is -0.140. The molecule has 3 unspecified atom stereocenters. The van der Waals surface area contributed by atoms with Crippen LogP contribution in [-0.4, -0.2) is 35.8 Å². The molecule has 1 N–H and O–H groups in total. The number of carbonyl (C=O) groups excluding carboxylic acids is 3. The van der Waals surface area contributed by atoms with Crippen LogP contribution >= 0.6 is 15.9 Å². The fourth-order valence-corrected chi connectivity index (χ4v) is 4.32. The zero-order chi connectivity index (χ0) is 16.4. The van der Waals surface area contributed by atoms with E-state index in [1.165, 1.54) is 7.05 Å². The summed E-state index contributed by atoms with van der Waals surface area (Å²) in [5.41, 5.74) is -0.487. The van der Waals surface area contributed by atoms with E-state index in [-0.39, 0.29) is 30.1 Å². The molecule has 4 rings (SSSR count). The molecule has 2 fully saturated rings. The molecule has 2 aliphatic heterocycles. The number of likely N-dealkylation sites (N-methyl/N-ethyl adjacent to an activating group) is 1. The van der Waals surface area contributed by atoms with E-state index in [1.807, 2.05) is 12.1 Å². The fraction of sp³-hybridized carbons (Fsp3) is 0.438. The van der Waals surface area contributed by atoms with Gasteiger partial charge in [-0.1, -0.05) is 15.9 Å². The first-order valence-electron chi connectivity index (χ1n) is 7.52. The van der Waals surface area contributed by atoms with Gasteiger partial charge >= 0.3 is 6.03 Å². The molecule has 1 saturated carbocycles. The van der Waals surface area contributed by atoms with Gasteiger partial charge in [0, 0.05) is 35.8 Å². The molecule has 3 aliphatic rings. The van der Waals surface area contributed by atoms with Gasteiger partial charge < -0.3 is 10.1 Å². The van der Waals surface area contributed by atoms with E-state index in [1.54, 1.807) is 6.07 Å². The second kappa shape index (κ2) is 4.80. The Bertz CT molecular complexity index is 750. The number of Topliss-reactive ketones (excluding diaryl/α,β-unsaturated/α-hetero) is 1. The molecular formula is C16H15BrN2O4. The number of nitrogens with zero attached hydrogens (tertiary/aromatic N) is 1. The molecule has 0 bridgehead atoms. The minimum Gasteiger partial charge on any atom is -0.489 e. The summed E-state index contributed by atoms with van der Waals surface area (Å²) in [5, 5.41) is 2.89. The Balaban J connectivity index is 1.94. The zero-order valence-corrected chi connectivity index (χ0v) is 14.1. The Kier molecular flexibility index (Phi) is 3.07. The van der Waals surface area contributed by atoms with Gasteiger partial charge in [0.2, 0.25) is 0 Å². The first-order chi connectivity index (χ1) is 10.9. The third kappa shape index (κ3) is 1.89. The Labute approximate surface area is 141 Å². The van der Waals surface area contributed by atoms with Crippen LogP contribution in [0.15, 0.2) is 22.7 Å². The van der Waals surface area contributed by atoms with Gasteiger partial charge in [0.05, 0.1) is 0 Å². The highest BCUT2D eigenvalue weighted by Gasteiger charge is 2.62. The summed E-state index contributed by atoms with van der Waals surface area (Å²) in [6, 6.07) is 4.99. The van der Waals surface area contributed by atoms with Gasteiger partial charge in [-0.25, -0.2) is 4.79 Å². The summed E-state index contributed by atoms with van der Waals surface area (Å²) < 4.78 is 6.81. The lowest BCUT2D eigenvalue weighted by Gasteiger charge is -2.46. The summed E-state index contributed by atoms with van der Waals surface area (Å²) in [6.45, 7) is 0. The van der Waals surface area contributed by atoms with Crippen LogP contribution in [-0.2, 0) is 15.1 Å². The summed E-state index contributed by atoms with van der Waals surface area (Å²) in [7, 11) is 1.47. The van der Waals surface area contributed by atoms with Crippen LogP contribution in [0.5, 0.6) is 5.75 Å². The van der Waals surface area contributed by atoms with E-state index < -0.39 is 11.6 Å². The minimum absolute atomic E-state index is 0.132. The normalized spacial score (nSPS) is 32.4. The summed E-state index contributed by atoms with van der Waals surface area (Å²) in [5.74, 6) is 0.151. The molecule has 120 valence electrons. The first kappa shape index (κ1) is 14.7. The van der Waals surface area contributed by atoms with E-state index >= 15 is 0 Å². The summed E-state index contributed by atoms with van der Waals surface area (Å²) in [6.07, 6.45) is 0.813. The van der Waals surface area contributed by atoms with Crippen LogP contribution in [0.1, 0.15) is 24.8 Å². The largest absolute Gasteiger partial charge is 0.489 e. The van der Waals surface area contributed by atoms with Gasteiger partial charge in [-0.15, -0.1) is 0 Å². The fourth-order valence-electron chi connectivity index (χ4n) is 3.96. The molecule has 1 aliphatic carbocycles. The Morgan fingerprint density at radius 2 is 2.13 bits per heavy atom. The molecule has 7 heteroatoms. The standard InChI is InChI=1S/C16H15BrN2O4/c1-19-14(21)16(18-15(19)22)10-4-3-9(20)7-13(10)23-12-5-2-8(17)6-11(12)16/h2,5-6,10,13H,3-4,7H2,1H3,(H,18,22). The second-order valence-corrected chi connectivity index (χ2v) is 7.20. The van der Waals surface area contributed by atoms with Crippen LogP contribution < -0.4 is 10.1 Å². The average molecular weight is 379 g/mol. The number of fused-ring (bicyclic) bond motifs is 4. The van der Waals surface area contributed by atoms with E-state index in [2.05, 4.69) is 21.2 Å². The lowest BCUT2D eigenvalue weighted by atomic mass is 9.67. The van der Waals surface area contributed by atoms with Crippen molar-refractivity contribution < 1.29 is 19.1 Å². The molecule has 1 aromatic rings. The molecular weight excluding hydrogens is 364 g/mol. The topological polar surface area (TPSA) is 75.7 Å². The quantitative estimate of drug-likeness (QED) is 0.700. The number of urea groups is 1. The van der Waals surface area contributed by atoms with Crippen molar-refractivity contribution in [1.29, 1.82) is 0 Å². The monoisotopic (exact) mass is 378 g/mol. The SMILES string of the molecule is CN1C(=O)NC2(C1=O)c1cc(Br)ccc1OC1CC(=O)CCC12. The Hall–Kier alpha value is -1.89. The number of nitrogens with one attached hydrogen (secondary N) is 1. The van der Waals surface area contributed by atoms with Gasteiger partial charge in [-0.05, 0) is 24.6 Å². The van der Waals surface area contributed by atoms with Gasteiger partial charge in [0.15, 0.2) is 5.54 Å². The summed E-state index contributed by atoms with van der Waals surface area (Å²) >= 11 is 3.42. The number of hydrogen-bond donors (Lipinski definition) is 1. The van der Waals surface area contributed by atoms with Crippen LogP contribution in [0.4, 0.5) is 4.79 Å². The highest BCUT2D eigenvalue weighted by molar-refractivity contribution is 9.10. The number of halogens is 1. The maximum atomic E-state index is 13.0. The molecule has 1 spiro atoms. The molecule has 6 nitrogen and oxygen atoms in total. The Morgan fingerprint density at radius 1 is 1.35 bits per heavy atom. The molecule has 1 aromatic carbocycles. The second-order valence-electron chi connectivity index (χ2n) is 6.29. The van der Waals surface area contributed by atoms with Crippen molar-refractivity contribution in [1.82, 2.24) is 10.2 Å². The molecule has 2 heterocycles. The molecule has 0 radical (unpaired) electrons. The number of hydrogen-bond acceptors (Lipinski definition) is 4. The third-order valence-corrected chi connectivity index (χ3v) is 5.56. The van der Waals surface area contributed by atoms with Crippen molar-refractivity contribution in [3.05, 3.63) is 28.2 Å². The molecule has 23 heavy (non-hydrogen) atoms. The molecule has 1 saturated heterocycles. The number of ketones is 1. The van der Waals surface area contributed by atoms with E-state index in [9.17, 15) is 14.4 Å². The molecule has 0 aromatic heterocycles. The van der Waals surface area contributed by atoms with Crippen molar-refractivity contribution >= 4 is 33.7 Å². The van der Waals surface area contributed by atoms with Gasteiger partial charge in [0.25, 0.3) is 5.91 Å². The van der Waals surface area contributed by atoms with E-state index in [0.29, 0.717) is 24.2 Å². The average Bonchev–Trinajstić information content (AvgIpc) is 2.74. The van der Waals surface area contributed by atoms with Crippen molar-refractivity contribution in [2.24, 2.45) is 5.92 Å². The predicted molar refractivity (Wildman–Crippen MR) is 83.9 cm³/mol. The minimum atomic E-state index is -1.14. The first-order valence-corrected chi connectivity index (χ1v) is 8.31. The van der Waals surface area contributed by atoms with Crippen LogP contribution in [0.2, 0.25) is 0 Å². The molecule has 3 atom stereocenters. The maximum absolute atomic E-state index is 13.0. The predicted octanol–water partition coefficient (Wildman–Crippen LogP) is 1.96. The number of imide groups is 1. The van der Waals surface area contributed by atoms with Crippen LogP contribution in [0.3, 0.4) is 0 Å². The highest BCUT2D eigenvalue weighted by atomic mass is 79.9. The van der Waals surface area contributed by atoms with E-state index in [4.69, 9.17) is 4.74 Å². The number of rotatable bonds is 0. The van der Waals surface area contributed by atoms with Crippen LogP contribution in [0.25, 0.3) is 0 Å². The maximum Gasteiger partial charge on any atom is 0.325 e. The van der Waals surface area contributed by atoms with Crippen molar-refractivity contribution in [3.63, 3.8) is 0 Å². The van der Waals surface area contributed by atoms with Crippen molar-refractivity contribution in [2.45, 2.75) is 30.9 Å². The van der Waals surface area contributed by atoms with Crippen molar-refractivity contribution in [2.75, 3.05) is 7.05 Å². The smallest absolute Gasteiger partial charge is 0.325 e. The number of amides is 3. The number of carbonyl (C=O) groups is 3. The van der Waals surface area contributed by atoms with Gasteiger partial charge in [-0.3, -0.25) is 14.5 Å². The summed E-state index contributed by atoms with van der Waals surface area (Å²) in [4.78, 5) is 38.1.